The second-order valence-electron chi connectivity index (χ2n) is 5.09. The molecule has 0 bridgehead atoms. The lowest BCUT2D eigenvalue weighted by atomic mass is 10.2. The lowest BCUT2D eigenvalue weighted by Crippen LogP contribution is -2.41. The maximum absolute atomic E-state index is 12.7. The van der Waals surface area contributed by atoms with Crippen LogP contribution in [0.1, 0.15) is 19.4 Å². The summed E-state index contributed by atoms with van der Waals surface area (Å²) in [4.78, 5) is 25.0. The van der Waals surface area contributed by atoms with Crippen molar-refractivity contribution in [2.24, 2.45) is 0 Å². The molecule has 2 rings (SSSR count). The van der Waals surface area contributed by atoms with Gasteiger partial charge in [-0.05, 0) is 32.0 Å². The summed E-state index contributed by atoms with van der Waals surface area (Å²) in [7, 11) is 0. The molecule has 9 heteroatoms. The third-order valence-electron chi connectivity index (χ3n) is 2.94. The minimum absolute atomic E-state index is 0.138. The van der Waals surface area contributed by atoms with Crippen LogP contribution in [0.2, 0.25) is 0 Å². The second kappa shape index (κ2) is 6.69. The highest BCUT2D eigenvalue weighted by Crippen LogP contribution is 2.34. The molecule has 5 nitrogen and oxygen atoms in total. The molecule has 23 heavy (non-hydrogen) atoms. The van der Waals surface area contributed by atoms with Crippen LogP contribution >= 0.6 is 11.8 Å². The van der Waals surface area contributed by atoms with E-state index in [-0.39, 0.29) is 17.7 Å². The van der Waals surface area contributed by atoms with E-state index >= 15 is 0 Å². The molecule has 0 saturated carbocycles. The average Bonchev–Trinajstić information content (AvgIpc) is 2.78. The van der Waals surface area contributed by atoms with Crippen molar-refractivity contribution in [1.29, 1.82) is 0 Å². The van der Waals surface area contributed by atoms with E-state index < -0.39 is 29.1 Å². The summed E-state index contributed by atoms with van der Waals surface area (Å²) in [6, 6.07) is 4.51. The number of hydrogen-bond acceptors (Lipinski definition) is 4. The van der Waals surface area contributed by atoms with Crippen LogP contribution in [0.25, 0.3) is 0 Å². The first kappa shape index (κ1) is 17.5. The van der Waals surface area contributed by atoms with Crippen LogP contribution in [0, 0.1) is 0 Å². The van der Waals surface area contributed by atoms with E-state index in [2.05, 4.69) is 5.32 Å². The Morgan fingerprint density at radius 2 is 2.13 bits per heavy atom. The van der Waals surface area contributed by atoms with Gasteiger partial charge in [0, 0.05) is 5.69 Å². The summed E-state index contributed by atoms with van der Waals surface area (Å²) in [6.45, 7) is 3.33. The highest BCUT2D eigenvalue weighted by molar-refractivity contribution is 8.01. The van der Waals surface area contributed by atoms with Crippen molar-refractivity contribution in [2.45, 2.75) is 31.5 Å². The topological polar surface area (TPSA) is 58.6 Å². The van der Waals surface area contributed by atoms with Gasteiger partial charge in [0.15, 0.2) is 5.37 Å². The van der Waals surface area contributed by atoms with Gasteiger partial charge >= 0.3 is 12.3 Å². The monoisotopic (exact) mass is 348 g/mol. The molecule has 1 aliphatic rings. The zero-order valence-corrected chi connectivity index (χ0v) is 13.2. The number of carbonyl (C=O) groups excluding carboxylic acids is 2. The molecule has 1 N–H and O–H groups in total. The van der Waals surface area contributed by atoms with Gasteiger partial charge in [0.2, 0.25) is 0 Å². The molecule has 1 aromatic carbocycles. The molecule has 0 aliphatic carbocycles. The lowest BCUT2D eigenvalue weighted by molar-refractivity contribution is -0.137. The number of thioether (sulfide) groups is 1. The van der Waals surface area contributed by atoms with Crippen LogP contribution in [0.15, 0.2) is 24.3 Å². The molecule has 1 aliphatic heterocycles. The number of hydrogen-bond donors (Lipinski definition) is 1. The molecule has 0 aromatic heterocycles. The van der Waals surface area contributed by atoms with E-state index in [1.165, 1.54) is 17.0 Å². The summed E-state index contributed by atoms with van der Waals surface area (Å²) in [5.41, 5.74) is -0.692. The molecule has 1 atom stereocenters. The minimum atomic E-state index is -4.48. The van der Waals surface area contributed by atoms with Crippen molar-refractivity contribution in [1.82, 2.24) is 5.32 Å². The molecule has 1 aromatic rings. The Morgan fingerprint density at radius 3 is 2.74 bits per heavy atom. The van der Waals surface area contributed by atoms with E-state index in [0.29, 0.717) is 0 Å². The fourth-order valence-corrected chi connectivity index (χ4v) is 2.96. The lowest BCUT2D eigenvalue weighted by Gasteiger charge is -2.18. The first-order chi connectivity index (χ1) is 10.7. The number of benzene rings is 1. The van der Waals surface area contributed by atoms with Crippen molar-refractivity contribution in [3.63, 3.8) is 0 Å². The van der Waals surface area contributed by atoms with E-state index in [1.54, 1.807) is 13.8 Å². The zero-order chi connectivity index (χ0) is 17.2. The molecule has 1 heterocycles. The molecule has 1 fully saturated rings. The van der Waals surface area contributed by atoms with Gasteiger partial charge in [-0.1, -0.05) is 6.07 Å². The predicted molar refractivity (Wildman–Crippen MR) is 79.9 cm³/mol. The molecule has 1 saturated heterocycles. The van der Waals surface area contributed by atoms with Crippen molar-refractivity contribution < 1.29 is 27.5 Å². The van der Waals surface area contributed by atoms with Crippen LogP contribution in [0.3, 0.4) is 0 Å². The first-order valence-electron chi connectivity index (χ1n) is 6.76. The van der Waals surface area contributed by atoms with Gasteiger partial charge in [-0.25, -0.2) is 4.79 Å². The summed E-state index contributed by atoms with van der Waals surface area (Å²) in [5, 5.41) is 1.51. The Bertz CT molecular complexity index is 607. The van der Waals surface area contributed by atoms with E-state index in [0.717, 1.165) is 23.9 Å². The van der Waals surface area contributed by atoms with Crippen LogP contribution in [-0.4, -0.2) is 29.4 Å². The number of ether oxygens (including phenoxy) is 1. The number of alkyl halides is 3. The minimum Gasteiger partial charge on any atom is -0.447 e. The smallest absolute Gasteiger partial charge is 0.416 e. The quantitative estimate of drug-likeness (QED) is 0.911. The van der Waals surface area contributed by atoms with Gasteiger partial charge in [-0.3, -0.25) is 4.79 Å². The maximum Gasteiger partial charge on any atom is 0.416 e. The van der Waals surface area contributed by atoms with Gasteiger partial charge in [0.25, 0.3) is 5.91 Å². The third-order valence-corrected chi connectivity index (χ3v) is 4.00. The fraction of sp³-hybridized carbons (Fsp3) is 0.429. The van der Waals surface area contributed by atoms with Crippen LogP contribution in [-0.2, 0) is 15.7 Å². The molecular weight excluding hydrogens is 333 g/mol. The summed E-state index contributed by atoms with van der Waals surface area (Å²) in [5.74, 6) is -0.345. The molecule has 1 unspecified atom stereocenters. The second-order valence-corrected chi connectivity index (χ2v) is 6.15. The maximum atomic E-state index is 12.7. The Labute approximate surface area is 135 Å². The number of anilines is 1. The highest BCUT2D eigenvalue weighted by atomic mass is 32.2. The van der Waals surface area contributed by atoms with Crippen molar-refractivity contribution in [3.05, 3.63) is 29.8 Å². The number of nitrogens with one attached hydrogen (secondary N) is 1. The third kappa shape index (κ3) is 4.31. The Balaban J connectivity index is 2.09. The van der Waals surface area contributed by atoms with Crippen LogP contribution in [0.5, 0.6) is 0 Å². The van der Waals surface area contributed by atoms with Gasteiger partial charge in [0.05, 0.1) is 17.5 Å². The summed E-state index contributed by atoms with van der Waals surface area (Å²) >= 11 is 1.11. The van der Waals surface area contributed by atoms with E-state index in [1.807, 2.05) is 0 Å². The normalized spacial score (nSPS) is 18.4. The summed E-state index contributed by atoms with van der Waals surface area (Å²) < 4.78 is 43.1. The van der Waals surface area contributed by atoms with Crippen LogP contribution < -0.4 is 10.2 Å². The van der Waals surface area contributed by atoms with Crippen LogP contribution in [0.4, 0.5) is 23.7 Å². The standard InChI is InChI=1S/C14H15F3N2O3S/c1-8(2)22-13(21)18-11-12(20)19(7-23-11)10-5-3-4-9(6-10)14(15,16)17/h3-6,8,11H,7H2,1-2H3,(H,18,21). The van der Waals surface area contributed by atoms with Gasteiger partial charge < -0.3 is 15.0 Å². The number of rotatable bonds is 3. The van der Waals surface area contributed by atoms with Crippen molar-refractivity contribution in [2.75, 3.05) is 10.8 Å². The Kier molecular flexibility index (Phi) is 5.08. The number of nitrogens with zero attached hydrogens (tertiary/aromatic N) is 1. The fourth-order valence-electron chi connectivity index (χ4n) is 1.94. The SMILES string of the molecule is CC(C)OC(=O)NC1SCN(c2cccc(C(F)(F)F)c2)C1=O. The molecule has 0 radical (unpaired) electrons. The van der Waals surface area contributed by atoms with Crippen molar-refractivity contribution >= 4 is 29.4 Å². The van der Waals surface area contributed by atoms with E-state index in [9.17, 15) is 22.8 Å². The van der Waals surface area contributed by atoms with Gasteiger partial charge in [-0.2, -0.15) is 13.2 Å². The molecule has 2 amide bonds. The van der Waals surface area contributed by atoms with Crippen molar-refractivity contribution in [3.8, 4) is 0 Å². The molecule has 0 spiro atoms. The first-order valence-corrected chi connectivity index (χ1v) is 7.81. The largest absolute Gasteiger partial charge is 0.447 e. The summed E-state index contributed by atoms with van der Waals surface area (Å²) in [6.07, 6.45) is -5.56. The molecule has 126 valence electrons. The predicted octanol–water partition coefficient (Wildman–Crippen LogP) is 3.20. The van der Waals surface area contributed by atoms with E-state index in [4.69, 9.17) is 4.74 Å². The highest BCUT2D eigenvalue weighted by Gasteiger charge is 2.36. The number of halogens is 3. The molecular formula is C14H15F3N2O3S. The zero-order valence-electron chi connectivity index (χ0n) is 12.4. The Morgan fingerprint density at radius 1 is 1.43 bits per heavy atom. The number of alkyl carbamates (subject to hydrolysis) is 1. The Hall–Kier alpha value is -1.90. The number of carbonyl (C=O) groups is 2. The van der Waals surface area contributed by atoms with Gasteiger partial charge in [0.1, 0.15) is 0 Å². The average molecular weight is 348 g/mol. The number of amides is 2. The van der Waals surface area contributed by atoms with Gasteiger partial charge in [-0.15, -0.1) is 11.8 Å².